The van der Waals surface area contributed by atoms with Crippen LogP contribution in [0.1, 0.15) is 28.4 Å². The number of aromatic nitrogens is 1. The van der Waals surface area contributed by atoms with Crippen molar-refractivity contribution in [2.75, 3.05) is 4.90 Å². The van der Waals surface area contributed by atoms with Gasteiger partial charge in [0, 0.05) is 11.3 Å². The smallest absolute Gasteiger partial charge is 0.301 e. The topological polar surface area (TPSA) is 70.5 Å². The van der Waals surface area contributed by atoms with Gasteiger partial charge >= 0.3 is 5.91 Å². The Morgan fingerprint density at radius 2 is 1.59 bits per heavy atom. The van der Waals surface area contributed by atoms with Gasteiger partial charge in [-0.25, -0.2) is 4.98 Å². The Kier molecular flexibility index (Phi) is 4.72. The first-order valence-corrected chi connectivity index (χ1v) is 9.34. The highest BCUT2D eigenvalue weighted by Crippen LogP contribution is 2.41. The summed E-state index contributed by atoms with van der Waals surface area (Å²) in [5, 5.41) is 11.0. The second kappa shape index (κ2) is 7.36. The summed E-state index contributed by atoms with van der Waals surface area (Å²) >= 11 is 0. The van der Waals surface area contributed by atoms with Crippen LogP contribution in [0.5, 0.6) is 0 Å². The standard InChI is InChI=1S/C24H20N2O3/c1-15-11-13-17(14-12-15)21-20(22(27)18-8-4-3-5-9-18)23(28)24(29)26(21)19-10-6-7-16(2)25-19/h3-14,21,27H,1-2H3/b22-20+/t21-/m1/s1. The van der Waals surface area contributed by atoms with E-state index in [1.165, 1.54) is 4.90 Å². The molecule has 5 heteroatoms. The van der Waals surface area contributed by atoms with Gasteiger partial charge in [-0.3, -0.25) is 14.5 Å². The Morgan fingerprint density at radius 3 is 2.24 bits per heavy atom. The lowest BCUT2D eigenvalue weighted by Crippen LogP contribution is -2.30. The molecule has 1 amide bonds. The Bertz CT molecular complexity index is 1120. The van der Waals surface area contributed by atoms with Crippen LogP contribution in [0.4, 0.5) is 5.82 Å². The number of hydrogen-bond donors (Lipinski definition) is 1. The third-order valence-electron chi connectivity index (χ3n) is 5.01. The molecule has 1 aromatic heterocycles. The summed E-state index contributed by atoms with van der Waals surface area (Å²) in [6, 6.07) is 20.9. The number of Topliss-reactive ketones (excluding diaryl/α,β-unsaturated/α-hetero) is 1. The molecule has 2 heterocycles. The number of nitrogens with zero attached hydrogens (tertiary/aromatic N) is 2. The highest BCUT2D eigenvalue weighted by molar-refractivity contribution is 6.51. The molecule has 3 aromatic rings. The zero-order valence-corrected chi connectivity index (χ0v) is 16.2. The van der Waals surface area contributed by atoms with Crippen molar-refractivity contribution in [2.45, 2.75) is 19.9 Å². The predicted molar refractivity (Wildman–Crippen MR) is 111 cm³/mol. The Labute approximate surface area is 169 Å². The molecule has 0 saturated carbocycles. The van der Waals surface area contributed by atoms with E-state index in [0.29, 0.717) is 11.4 Å². The van der Waals surface area contributed by atoms with E-state index in [0.717, 1.165) is 16.8 Å². The number of aliphatic hydroxyl groups excluding tert-OH is 1. The van der Waals surface area contributed by atoms with Gasteiger partial charge in [0.25, 0.3) is 5.78 Å². The zero-order chi connectivity index (χ0) is 20.5. The lowest BCUT2D eigenvalue weighted by molar-refractivity contribution is -0.132. The molecule has 1 aliphatic rings. The number of benzene rings is 2. The van der Waals surface area contributed by atoms with Crippen LogP contribution in [0.3, 0.4) is 0 Å². The first-order valence-electron chi connectivity index (χ1n) is 9.34. The van der Waals surface area contributed by atoms with Gasteiger partial charge in [0.05, 0.1) is 11.6 Å². The van der Waals surface area contributed by atoms with Crippen molar-refractivity contribution in [3.8, 4) is 0 Å². The van der Waals surface area contributed by atoms with E-state index in [-0.39, 0.29) is 11.3 Å². The van der Waals surface area contributed by atoms with E-state index in [4.69, 9.17) is 0 Å². The fourth-order valence-corrected chi connectivity index (χ4v) is 3.55. The van der Waals surface area contributed by atoms with Crippen molar-refractivity contribution >= 4 is 23.3 Å². The molecular formula is C24H20N2O3. The summed E-state index contributed by atoms with van der Waals surface area (Å²) in [7, 11) is 0. The molecule has 144 valence electrons. The van der Waals surface area contributed by atoms with E-state index in [2.05, 4.69) is 4.98 Å². The Hall–Kier alpha value is -3.73. The largest absolute Gasteiger partial charge is 0.507 e. The van der Waals surface area contributed by atoms with Gasteiger partial charge in [0.15, 0.2) is 0 Å². The average Bonchev–Trinajstić information content (AvgIpc) is 2.99. The molecule has 0 bridgehead atoms. The minimum absolute atomic E-state index is 0.0633. The van der Waals surface area contributed by atoms with Crippen LogP contribution < -0.4 is 4.90 Å². The van der Waals surface area contributed by atoms with Gasteiger partial charge in [-0.1, -0.05) is 66.2 Å². The van der Waals surface area contributed by atoms with Crippen molar-refractivity contribution in [2.24, 2.45) is 0 Å². The number of anilines is 1. The maximum absolute atomic E-state index is 13.0. The molecular weight excluding hydrogens is 364 g/mol. The number of aryl methyl sites for hydroxylation is 2. The van der Waals surface area contributed by atoms with Crippen molar-refractivity contribution in [3.63, 3.8) is 0 Å². The lowest BCUT2D eigenvalue weighted by Gasteiger charge is -2.24. The monoisotopic (exact) mass is 384 g/mol. The molecule has 0 radical (unpaired) electrons. The maximum atomic E-state index is 13.0. The molecule has 1 fully saturated rings. The highest BCUT2D eigenvalue weighted by atomic mass is 16.3. The molecule has 0 unspecified atom stereocenters. The van der Waals surface area contributed by atoms with E-state index in [1.54, 1.807) is 36.4 Å². The van der Waals surface area contributed by atoms with E-state index >= 15 is 0 Å². The molecule has 1 aliphatic heterocycles. The number of ketones is 1. The van der Waals surface area contributed by atoms with Crippen molar-refractivity contribution in [1.82, 2.24) is 4.98 Å². The molecule has 0 aliphatic carbocycles. The molecule has 1 saturated heterocycles. The predicted octanol–water partition coefficient (Wildman–Crippen LogP) is 4.32. The molecule has 4 rings (SSSR count). The number of aliphatic hydroxyl groups is 1. The first-order chi connectivity index (χ1) is 14.0. The number of pyridine rings is 1. The second-order valence-corrected chi connectivity index (χ2v) is 7.08. The zero-order valence-electron chi connectivity index (χ0n) is 16.2. The van der Waals surface area contributed by atoms with E-state index in [9.17, 15) is 14.7 Å². The lowest BCUT2D eigenvalue weighted by atomic mass is 9.95. The number of rotatable bonds is 3. The fraction of sp³-hybridized carbons (Fsp3) is 0.125. The summed E-state index contributed by atoms with van der Waals surface area (Å²) in [5.74, 6) is -1.24. The molecule has 5 nitrogen and oxygen atoms in total. The summed E-state index contributed by atoms with van der Waals surface area (Å²) in [4.78, 5) is 31.8. The Balaban J connectivity index is 1.96. The van der Waals surface area contributed by atoms with Gasteiger partial charge < -0.3 is 5.11 Å². The van der Waals surface area contributed by atoms with E-state index in [1.807, 2.05) is 50.2 Å². The molecule has 1 atom stereocenters. The van der Waals surface area contributed by atoms with Crippen molar-refractivity contribution in [1.29, 1.82) is 0 Å². The first kappa shape index (κ1) is 18.6. The normalized spacial score (nSPS) is 18.3. The number of carbonyl (C=O) groups is 2. The van der Waals surface area contributed by atoms with Gasteiger partial charge in [-0.05, 0) is 31.5 Å². The summed E-state index contributed by atoms with van der Waals surface area (Å²) < 4.78 is 0. The minimum Gasteiger partial charge on any atom is -0.507 e. The van der Waals surface area contributed by atoms with Crippen LogP contribution in [0, 0.1) is 13.8 Å². The van der Waals surface area contributed by atoms with Crippen LogP contribution in [-0.4, -0.2) is 21.8 Å². The van der Waals surface area contributed by atoms with Crippen LogP contribution in [0.25, 0.3) is 5.76 Å². The SMILES string of the molecule is Cc1ccc([C@@H]2/C(=C(\O)c3ccccc3)C(=O)C(=O)N2c2cccc(C)n2)cc1. The second-order valence-electron chi connectivity index (χ2n) is 7.08. The summed E-state index contributed by atoms with van der Waals surface area (Å²) in [5.41, 5.74) is 3.07. The van der Waals surface area contributed by atoms with E-state index < -0.39 is 17.7 Å². The third kappa shape index (κ3) is 3.31. The quantitative estimate of drug-likeness (QED) is 0.415. The van der Waals surface area contributed by atoms with Crippen LogP contribution in [0.15, 0.2) is 78.4 Å². The minimum atomic E-state index is -0.759. The maximum Gasteiger partial charge on any atom is 0.301 e. The number of carbonyl (C=O) groups excluding carboxylic acids is 2. The van der Waals surface area contributed by atoms with Crippen molar-refractivity contribution in [3.05, 3.63) is 101 Å². The molecule has 29 heavy (non-hydrogen) atoms. The van der Waals surface area contributed by atoms with Gasteiger partial charge in [-0.15, -0.1) is 0 Å². The van der Waals surface area contributed by atoms with Crippen LogP contribution in [-0.2, 0) is 9.59 Å². The highest BCUT2D eigenvalue weighted by Gasteiger charge is 2.47. The van der Waals surface area contributed by atoms with Gasteiger partial charge in [-0.2, -0.15) is 0 Å². The number of amides is 1. The summed E-state index contributed by atoms with van der Waals surface area (Å²) in [6.07, 6.45) is 0. The number of hydrogen-bond acceptors (Lipinski definition) is 4. The van der Waals surface area contributed by atoms with Gasteiger partial charge in [0.2, 0.25) is 0 Å². The summed E-state index contributed by atoms with van der Waals surface area (Å²) in [6.45, 7) is 3.79. The third-order valence-corrected chi connectivity index (χ3v) is 5.01. The molecule has 0 spiro atoms. The molecule has 2 aromatic carbocycles. The van der Waals surface area contributed by atoms with Crippen LogP contribution >= 0.6 is 0 Å². The van der Waals surface area contributed by atoms with Gasteiger partial charge in [0.1, 0.15) is 11.6 Å². The molecule has 1 N–H and O–H groups in total. The van der Waals surface area contributed by atoms with Crippen molar-refractivity contribution < 1.29 is 14.7 Å². The Morgan fingerprint density at radius 1 is 0.897 bits per heavy atom. The fourth-order valence-electron chi connectivity index (χ4n) is 3.55. The average molecular weight is 384 g/mol. The van der Waals surface area contributed by atoms with Crippen LogP contribution in [0.2, 0.25) is 0 Å².